The Morgan fingerprint density at radius 3 is 2.76 bits per heavy atom. The number of piperidine rings is 1. The zero-order valence-electron chi connectivity index (χ0n) is 10.4. The van der Waals surface area contributed by atoms with E-state index in [0.29, 0.717) is 16.6 Å². The highest BCUT2D eigenvalue weighted by Gasteiger charge is 2.26. The summed E-state index contributed by atoms with van der Waals surface area (Å²) in [5.74, 6) is -0.120. The second kappa shape index (κ2) is 4.64. The summed E-state index contributed by atoms with van der Waals surface area (Å²) in [6.07, 6.45) is 2.31. The van der Waals surface area contributed by atoms with Crippen molar-refractivity contribution in [2.75, 3.05) is 11.4 Å². The number of thiazole rings is 1. The maximum atomic E-state index is 11.0. The Labute approximate surface area is 105 Å². The third kappa shape index (κ3) is 2.44. The maximum absolute atomic E-state index is 11.0. The van der Waals surface area contributed by atoms with Crippen molar-refractivity contribution in [1.82, 2.24) is 4.98 Å². The molecule has 2 rings (SSSR count). The Morgan fingerprint density at radius 2 is 2.24 bits per heavy atom. The SMILES string of the molecule is Cc1nc(N2CCC(C)CC2C)sc1C(=O)O. The zero-order valence-corrected chi connectivity index (χ0v) is 11.3. The summed E-state index contributed by atoms with van der Waals surface area (Å²) in [6, 6.07) is 0.450. The molecule has 1 N–H and O–H groups in total. The predicted molar refractivity (Wildman–Crippen MR) is 69.0 cm³/mol. The number of carbonyl (C=O) groups is 1. The van der Waals surface area contributed by atoms with E-state index >= 15 is 0 Å². The van der Waals surface area contributed by atoms with Crippen molar-refractivity contribution in [2.45, 2.75) is 39.7 Å². The molecule has 0 radical (unpaired) electrons. The molecule has 5 heteroatoms. The molecule has 1 aliphatic rings. The number of carboxylic acids is 1. The first-order valence-corrected chi connectivity index (χ1v) is 6.78. The maximum Gasteiger partial charge on any atom is 0.347 e. The van der Waals surface area contributed by atoms with E-state index in [0.717, 1.165) is 30.4 Å². The van der Waals surface area contributed by atoms with Gasteiger partial charge in [0.2, 0.25) is 0 Å². The Hall–Kier alpha value is -1.10. The van der Waals surface area contributed by atoms with Gasteiger partial charge in [0.25, 0.3) is 0 Å². The molecule has 0 saturated carbocycles. The molecule has 17 heavy (non-hydrogen) atoms. The monoisotopic (exact) mass is 254 g/mol. The summed E-state index contributed by atoms with van der Waals surface area (Å²) < 4.78 is 0. The molecule has 94 valence electrons. The lowest BCUT2D eigenvalue weighted by Crippen LogP contribution is -2.40. The highest BCUT2D eigenvalue weighted by Crippen LogP contribution is 2.32. The molecule has 4 nitrogen and oxygen atoms in total. The van der Waals surface area contributed by atoms with Gasteiger partial charge in [-0.05, 0) is 32.6 Å². The number of hydrogen-bond donors (Lipinski definition) is 1. The van der Waals surface area contributed by atoms with Gasteiger partial charge in [0, 0.05) is 12.6 Å². The summed E-state index contributed by atoms with van der Waals surface area (Å²) >= 11 is 1.29. The number of rotatable bonds is 2. The third-order valence-corrected chi connectivity index (χ3v) is 4.55. The van der Waals surface area contributed by atoms with Gasteiger partial charge in [-0.15, -0.1) is 0 Å². The molecule has 2 unspecified atom stereocenters. The molecule has 2 atom stereocenters. The van der Waals surface area contributed by atoms with Crippen LogP contribution in [0.4, 0.5) is 5.13 Å². The van der Waals surface area contributed by atoms with Crippen molar-refractivity contribution in [3.8, 4) is 0 Å². The van der Waals surface area contributed by atoms with Gasteiger partial charge in [0.1, 0.15) is 4.88 Å². The number of aryl methyl sites for hydroxylation is 1. The number of aromatic carboxylic acids is 1. The molecule has 1 saturated heterocycles. The molecule has 0 aromatic carbocycles. The lowest BCUT2D eigenvalue weighted by Gasteiger charge is -2.36. The van der Waals surface area contributed by atoms with Gasteiger partial charge in [-0.25, -0.2) is 9.78 Å². The van der Waals surface area contributed by atoms with E-state index in [2.05, 4.69) is 23.7 Å². The molecule has 1 aromatic rings. The fourth-order valence-corrected chi connectivity index (χ4v) is 3.43. The van der Waals surface area contributed by atoms with Crippen molar-refractivity contribution < 1.29 is 9.90 Å². The average molecular weight is 254 g/mol. The van der Waals surface area contributed by atoms with Crippen molar-refractivity contribution in [1.29, 1.82) is 0 Å². The number of nitrogens with zero attached hydrogens (tertiary/aromatic N) is 2. The van der Waals surface area contributed by atoms with Crippen LogP contribution in [0.5, 0.6) is 0 Å². The number of anilines is 1. The van der Waals surface area contributed by atoms with Crippen LogP contribution in [-0.4, -0.2) is 28.6 Å². The highest BCUT2D eigenvalue weighted by molar-refractivity contribution is 7.17. The molecule has 0 aliphatic carbocycles. The van der Waals surface area contributed by atoms with E-state index < -0.39 is 5.97 Å². The van der Waals surface area contributed by atoms with Crippen LogP contribution < -0.4 is 4.90 Å². The van der Waals surface area contributed by atoms with Crippen LogP contribution in [0.1, 0.15) is 42.1 Å². The van der Waals surface area contributed by atoms with Crippen molar-refractivity contribution in [3.05, 3.63) is 10.6 Å². The summed E-state index contributed by atoms with van der Waals surface area (Å²) in [6.45, 7) is 7.20. The normalized spacial score (nSPS) is 25.0. The lowest BCUT2D eigenvalue weighted by molar-refractivity contribution is 0.0701. The van der Waals surface area contributed by atoms with Gasteiger partial charge in [-0.3, -0.25) is 0 Å². The van der Waals surface area contributed by atoms with Crippen LogP contribution in [0.15, 0.2) is 0 Å². The summed E-state index contributed by atoms with van der Waals surface area (Å²) in [5.41, 5.74) is 0.628. The first-order valence-electron chi connectivity index (χ1n) is 5.96. The Bertz CT molecular complexity index is 430. The van der Waals surface area contributed by atoms with E-state index in [9.17, 15) is 4.79 Å². The standard InChI is InChI=1S/C12H18N2O2S/c1-7-4-5-14(8(2)6-7)12-13-9(3)10(17-12)11(15)16/h7-8H,4-6H2,1-3H3,(H,15,16). The second-order valence-corrected chi connectivity index (χ2v) is 5.87. The van der Waals surface area contributed by atoms with Crippen LogP contribution in [0, 0.1) is 12.8 Å². The smallest absolute Gasteiger partial charge is 0.347 e. The largest absolute Gasteiger partial charge is 0.477 e. The molecular weight excluding hydrogens is 236 g/mol. The molecule has 1 fully saturated rings. The molecule has 0 bridgehead atoms. The van der Waals surface area contributed by atoms with E-state index in [1.807, 2.05) is 0 Å². The van der Waals surface area contributed by atoms with Gasteiger partial charge in [0.05, 0.1) is 5.69 Å². The molecular formula is C12H18N2O2S. The molecule has 0 amide bonds. The topological polar surface area (TPSA) is 53.4 Å². The Morgan fingerprint density at radius 1 is 1.53 bits per heavy atom. The fourth-order valence-electron chi connectivity index (χ4n) is 2.39. The second-order valence-electron chi connectivity index (χ2n) is 4.89. The lowest BCUT2D eigenvalue weighted by atomic mass is 9.94. The Kier molecular flexibility index (Phi) is 3.38. The third-order valence-electron chi connectivity index (χ3n) is 3.36. The first kappa shape index (κ1) is 12.4. The number of carboxylic acid groups (broad SMARTS) is 1. The molecule has 1 aliphatic heterocycles. The average Bonchev–Trinajstić information content (AvgIpc) is 2.60. The van der Waals surface area contributed by atoms with Crippen molar-refractivity contribution >= 4 is 22.4 Å². The van der Waals surface area contributed by atoms with E-state index in [-0.39, 0.29) is 0 Å². The van der Waals surface area contributed by atoms with E-state index in [4.69, 9.17) is 5.11 Å². The summed E-state index contributed by atoms with van der Waals surface area (Å²) in [7, 11) is 0. The van der Waals surface area contributed by atoms with E-state index in [1.54, 1.807) is 6.92 Å². The van der Waals surface area contributed by atoms with Gasteiger partial charge in [0.15, 0.2) is 5.13 Å². The Balaban J connectivity index is 2.22. The molecule has 2 heterocycles. The minimum absolute atomic E-state index is 0.367. The van der Waals surface area contributed by atoms with E-state index in [1.165, 1.54) is 11.3 Å². The summed E-state index contributed by atoms with van der Waals surface area (Å²) in [4.78, 5) is 18.0. The van der Waals surface area contributed by atoms with Gasteiger partial charge in [-0.1, -0.05) is 18.3 Å². The van der Waals surface area contributed by atoms with Crippen LogP contribution >= 0.6 is 11.3 Å². The van der Waals surface area contributed by atoms with Crippen LogP contribution in [0.3, 0.4) is 0 Å². The number of aromatic nitrogens is 1. The van der Waals surface area contributed by atoms with Gasteiger partial charge < -0.3 is 10.0 Å². The molecule has 0 spiro atoms. The molecule has 1 aromatic heterocycles. The predicted octanol–water partition coefficient (Wildman–Crippen LogP) is 2.77. The highest BCUT2D eigenvalue weighted by atomic mass is 32.1. The number of hydrogen-bond acceptors (Lipinski definition) is 4. The van der Waals surface area contributed by atoms with Gasteiger partial charge in [-0.2, -0.15) is 0 Å². The van der Waals surface area contributed by atoms with Crippen LogP contribution in [-0.2, 0) is 0 Å². The zero-order chi connectivity index (χ0) is 12.6. The fraction of sp³-hybridized carbons (Fsp3) is 0.667. The summed E-state index contributed by atoms with van der Waals surface area (Å²) in [5, 5.41) is 9.90. The first-order chi connectivity index (χ1) is 7.99. The van der Waals surface area contributed by atoms with Crippen LogP contribution in [0.25, 0.3) is 0 Å². The van der Waals surface area contributed by atoms with Crippen molar-refractivity contribution in [3.63, 3.8) is 0 Å². The van der Waals surface area contributed by atoms with Crippen molar-refractivity contribution in [2.24, 2.45) is 5.92 Å². The minimum Gasteiger partial charge on any atom is -0.477 e. The minimum atomic E-state index is -0.871. The van der Waals surface area contributed by atoms with Crippen LogP contribution in [0.2, 0.25) is 0 Å². The quantitative estimate of drug-likeness (QED) is 0.881. The van der Waals surface area contributed by atoms with Gasteiger partial charge >= 0.3 is 5.97 Å².